The summed E-state index contributed by atoms with van der Waals surface area (Å²) in [7, 11) is 1.78. The SMILES string of the molecule is CN=C(NCc1nc(C)c(C)s1)NCc1ccccc1-n1nc(C)cc1C. The number of aryl methyl sites for hydroxylation is 4. The summed E-state index contributed by atoms with van der Waals surface area (Å²) in [4.78, 5) is 10.1. The molecule has 0 aliphatic carbocycles. The lowest BCUT2D eigenvalue weighted by atomic mass is 10.1. The second-order valence-electron chi connectivity index (χ2n) is 6.50. The summed E-state index contributed by atoms with van der Waals surface area (Å²) < 4.78 is 1.99. The van der Waals surface area contributed by atoms with Gasteiger partial charge in [0, 0.05) is 24.2 Å². The number of rotatable bonds is 5. The Kier molecular flexibility index (Phi) is 5.91. The number of para-hydroxylation sites is 1. The normalized spacial score (nSPS) is 11.7. The topological polar surface area (TPSA) is 67.1 Å². The lowest BCUT2D eigenvalue weighted by Crippen LogP contribution is -2.36. The zero-order valence-electron chi connectivity index (χ0n) is 16.5. The first-order chi connectivity index (χ1) is 13.0. The number of nitrogens with one attached hydrogen (secondary N) is 2. The Morgan fingerprint density at radius 2 is 1.85 bits per heavy atom. The fourth-order valence-electron chi connectivity index (χ4n) is 2.91. The third-order valence-electron chi connectivity index (χ3n) is 4.38. The number of thiazole rings is 1. The molecule has 0 radical (unpaired) electrons. The maximum Gasteiger partial charge on any atom is 0.191 e. The molecule has 0 spiro atoms. The highest BCUT2D eigenvalue weighted by molar-refractivity contribution is 7.11. The fourth-order valence-corrected chi connectivity index (χ4v) is 3.79. The summed E-state index contributed by atoms with van der Waals surface area (Å²) in [6.45, 7) is 9.54. The molecular weight excluding hydrogens is 356 g/mol. The van der Waals surface area contributed by atoms with Crippen LogP contribution in [0.2, 0.25) is 0 Å². The molecule has 3 rings (SSSR count). The minimum Gasteiger partial charge on any atom is -0.352 e. The average Bonchev–Trinajstić information content (AvgIpc) is 3.16. The molecular formula is C20H26N6S. The van der Waals surface area contributed by atoms with E-state index in [2.05, 4.69) is 57.8 Å². The summed E-state index contributed by atoms with van der Waals surface area (Å²) in [5.74, 6) is 0.753. The maximum atomic E-state index is 4.61. The molecule has 2 N–H and O–H groups in total. The zero-order chi connectivity index (χ0) is 19.4. The molecule has 0 saturated carbocycles. The molecule has 0 saturated heterocycles. The van der Waals surface area contributed by atoms with Crippen molar-refractivity contribution in [1.29, 1.82) is 0 Å². The van der Waals surface area contributed by atoms with E-state index in [9.17, 15) is 0 Å². The molecule has 27 heavy (non-hydrogen) atoms. The van der Waals surface area contributed by atoms with Crippen LogP contribution in [-0.4, -0.2) is 27.8 Å². The van der Waals surface area contributed by atoms with Crippen LogP contribution in [-0.2, 0) is 13.1 Å². The van der Waals surface area contributed by atoms with E-state index in [0.29, 0.717) is 13.1 Å². The van der Waals surface area contributed by atoms with Gasteiger partial charge in [0.2, 0.25) is 0 Å². The van der Waals surface area contributed by atoms with Gasteiger partial charge in [-0.1, -0.05) is 18.2 Å². The Hall–Kier alpha value is -2.67. The van der Waals surface area contributed by atoms with Gasteiger partial charge in [0.15, 0.2) is 5.96 Å². The van der Waals surface area contributed by atoms with Crippen LogP contribution in [0.3, 0.4) is 0 Å². The minimum absolute atomic E-state index is 0.657. The van der Waals surface area contributed by atoms with Crippen LogP contribution in [0.5, 0.6) is 0 Å². The highest BCUT2D eigenvalue weighted by Crippen LogP contribution is 2.17. The molecule has 0 aliphatic rings. The summed E-state index contributed by atoms with van der Waals surface area (Å²) in [6, 6.07) is 10.4. The van der Waals surface area contributed by atoms with Gasteiger partial charge in [-0.05, 0) is 45.4 Å². The molecule has 0 bridgehead atoms. The van der Waals surface area contributed by atoms with Crippen molar-refractivity contribution in [3.63, 3.8) is 0 Å². The molecule has 1 aromatic carbocycles. The van der Waals surface area contributed by atoms with Gasteiger partial charge in [0.05, 0.1) is 23.6 Å². The third kappa shape index (κ3) is 4.54. The molecule has 3 aromatic rings. The lowest BCUT2D eigenvalue weighted by Gasteiger charge is -2.14. The van der Waals surface area contributed by atoms with Crippen LogP contribution < -0.4 is 10.6 Å². The number of nitrogens with zero attached hydrogens (tertiary/aromatic N) is 4. The molecule has 0 unspecified atom stereocenters. The van der Waals surface area contributed by atoms with Crippen LogP contribution >= 0.6 is 11.3 Å². The predicted octanol–water partition coefficient (Wildman–Crippen LogP) is 3.43. The van der Waals surface area contributed by atoms with Gasteiger partial charge in [0.1, 0.15) is 5.01 Å². The Morgan fingerprint density at radius 1 is 1.11 bits per heavy atom. The van der Waals surface area contributed by atoms with Crippen molar-refractivity contribution in [2.24, 2.45) is 4.99 Å². The second kappa shape index (κ2) is 8.35. The molecule has 2 aromatic heterocycles. The van der Waals surface area contributed by atoms with Crippen molar-refractivity contribution >= 4 is 17.3 Å². The quantitative estimate of drug-likeness (QED) is 0.524. The number of hydrogen-bond acceptors (Lipinski definition) is 4. The average molecular weight is 383 g/mol. The zero-order valence-corrected chi connectivity index (χ0v) is 17.3. The van der Waals surface area contributed by atoms with Gasteiger partial charge in [0.25, 0.3) is 0 Å². The van der Waals surface area contributed by atoms with E-state index in [0.717, 1.165) is 39.3 Å². The minimum atomic E-state index is 0.657. The van der Waals surface area contributed by atoms with E-state index >= 15 is 0 Å². The smallest absolute Gasteiger partial charge is 0.191 e. The van der Waals surface area contributed by atoms with Crippen molar-refractivity contribution in [2.45, 2.75) is 40.8 Å². The first kappa shape index (κ1) is 19.1. The van der Waals surface area contributed by atoms with E-state index in [4.69, 9.17) is 0 Å². The standard InChI is InChI=1S/C20H26N6S/c1-13-10-14(2)26(25-13)18-9-7-6-8-17(18)11-22-20(21-5)23-12-19-24-15(3)16(4)27-19/h6-10H,11-12H2,1-5H3,(H2,21,22,23). The largest absolute Gasteiger partial charge is 0.352 e. The number of aliphatic imine (C=N–C) groups is 1. The molecule has 0 aliphatic heterocycles. The van der Waals surface area contributed by atoms with E-state index in [1.165, 1.54) is 4.88 Å². The Morgan fingerprint density at radius 3 is 2.48 bits per heavy atom. The summed E-state index contributed by atoms with van der Waals surface area (Å²) in [6.07, 6.45) is 0. The highest BCUT2D eigenvalue weighted by atomic mass is 32.1. The Balaban J connectivity index is 1.67. The molecule has 142 valence electrons. The van der Waals surface area contributed by atoms with Crippen molar-refractivity contribution in [3.05, 3.63) is 62.9 Å². The Bertz CT molecular complexity index is 934. The lowest BCUT2D eigenvalue weighted by molar-refractivity contribution is 0.779. The van der Waals surface area contributed by atoms with Crippen LogP contribution in [0.15, 0.2) is 35.3 Å². The van der Waals surface area contributed by atoms with Gasteiger partial charge in [-0.15, -0.1) is 11.3 Å². The monoisotopic (exact) mass is 382 g/mol. The van der Waals surface area contributed by atoms with Gasteiger partial charge >= 0.3 is 0 Å². The van der Waals surface area contributed by atoms with Gasteiger partial charge in [-0.2, -0.15) is 5.10 Å². The number of guanidine groups is 1. The van der Waals surface area contributed by atoms with E-state index in [-0.39, 0.29) is 0 Å². The van der Waals surface area contributed by atoms with Crippen LogP contribution in [0.1, 0.15) is 32.5 Å². The molecule has 2 heterocycles. The van der Waals surface area contributed by atoms with Crippen LogP contribution in [0.4, 0.5) is 0 Å². The summed E-state index contributed by atoms with van der Waals surface area (Å²) in [5.41, 5.74) is 5.47. The molecule has 0 atom stereocenters. The van der Waals surface area contributed by atoms with Crippen molar-refractivity contribution in [3.8, 4) is 5.69 Å². The van der Waals surface area contributed by atoms with Gasteiger partial charge < -0.3 is 10.6 Å². The van der Waals surface area contributed by atoms with Crippen LogP contribution in [0, 0.1) is 27.7 Å². The molecule has 0 fully saturated rings. The molecule has 6 nitrogen and oxygen atoms in total. The van der Waals surface area contributed by atoms with Crippen molar-refractivity contribution < 1.29 is 0 Å². The fraction of sp³-hybridized carbons (Fsp3) is 0.350. The predicted molar refractivity (Wildman–Crippen MR) is 112 cm³/mol. The third-order valence-corrected chi connectivity index (χ3v) is 5.45. The number of hydrogen-bond donors (Lipinski definition) is 2. The summed E-state index contributed by atoms with van der Waals surface area (Å²) in [5, 5.41) is 12.4. The first-order valence-electron chi connectivity index (χ1n) is 8.97. The van der Waals surface area contributed by atoms with Crippen LogP contribution in [0.25, 0.3) is 5.69 Å². The van der Waals surface area contributed by atoms with E-state index < -0.39 is 0 Å². The number of aromatic nitrogens is 3. The summed E-state index contributed by atoms with van der Waals surface area (Å²) >= 11 is 1.72. The van der Waals surface area contributed by atoms with Gasteiger partial charge in [-0.25, -0.2) is 9.67 Å². The number of benzene rings is 1. The first-order valence-corrected chi connectivity index (χ1v) is 9.78. The second-order valence-corrected chi connectivity index (χ2v) is 7.78. The Labute approximate surface area is 164 Å². The molecule has 7 heteroatoms. The highest BCUT2D eigenvalue weighted by Gasteiger charge is 2.10. The van der Waals surface area contributed by atoms with Crippen molar-refractivity contribution in [2.75, 3.05) is 7.05 Å². The van der Waals surface area contributed by atoms with E-state index in [1.807, 2.05) is 30.7 Å². The van der Waals surface area contributed by atoms with E-state index in [1.54, 1.807) is 18.4 Å². The molecule has 0 amide bonds. The van der Waals surface area contributed by atoms with Crippen molar-refractivity contribution in [1.82, 2.24) is 25.4 Å². The maximum absolute atomic E-state index is 4.61. The van der Waals surface area contributed by atoms with Gasteiger partial charge in [-0.3, -0.25) is 4.99 Å².